The predicted octanol–water partition coefficient (Wildman–Crippen LogP) is 2.34. The number of ether oxygens (including phenoxy) is 2. The number of hydrogen-bond donors (Lipinski definition) is 1. The van der Waals surface area contributed by atoms with Gasteiger partial charge in [-0.3, -0.25) is 14.5 Å². The zero-order chi connectivity index (χ0) is 21.5. The first-order valence-corrected chi connectivity index (χ1v) is 10.1. The maximum atomic E-state index is 12.5. The van der Waals surface area contributed by atoms with Gasteiger partial charge in [-0.05, 0) is 24.6 Å². The maximum absolute atomic E-state index is 12.5. The fourth-order valence-electron chi connectivity index (χ4n) is 3.44. The number of amides is 2. The Bertz CT molecular complexity index is 875. The van der Waals surface area contributed by atoms with Crippen molar-refractivity contribution in [3.8, 4) is 11.5 Å². The first kappa shape index (κ1) is 21.6. The second-order valence-corrected chi connectivity index (χ2v) is 7.43. The Hall–Kier alpha value is -3.06. The van der Waals surface area contributed by atoms with Crippen molar-refractivity contribution >= 4 is 17.5 Å². The van der Waals surface area contributed by atoms with Gasteiger partial charge in [-0.15, -0.1) is 0 Å². The second kappa shape index (κ2) is 10.1. The summed E-state index contributed by atoms with van der Waals surface area (Å²) in [5.74, 6) is 1.23. The standard InChI is InChI=1S/C23H29N3O4/c1-17-4-6-18(7-5-17)14-23(28)26-12-10-25(11-13-26)16-22(27)24-20-9-8-19(29-2)15-21(20)30-3/h4-9,15H,10-14,16H2,1-3H3,(H,24,27). The van der Waals surface area contributed by atoms with E-state index in [1.807, 2.05) is 36.1 Å². The van der Waals surface area contributed by atoms with Crippen molar-refractivity contribution in [3.05, 3.63) is 53.6 Å². The molecule has 1 fully saturated rings. The van der Waals surface area contributed by atoms with Crippen molar-refractivity contribution in [3.63, 3.8) is 0 Å². The van der Waals surface area contributed by atoms with E-state index in [-0.39, 0.29) is 18.4 Å². The quantitative estimate of drug-likeness (QED) is 0.757. The SMILES string of the molecule is COc1ccc(NC(=O)CN2CCN(C(=O)Cc3ccc(C)cc3)CC2)c(OC)c1. The summed E-state index contributed by atoms with van der Waals surface area (Å²) in [7, 11) is 3.13. The third-order valence-electron chi connectivity index (χ3n) is 5.25. The second-order valence-electron chi connectivity index (χ2n) is 7.43. The first-order chi connectivity index (χ1) is 14.5. The number of benzene rings is 2. The first-order valence-electron chi connectivity index (χ1n) is 10.1. The van der Waals surface area contributed by atoms with Crippen LogP contribution in [0.3, 0.4) is 0 Å². The minimum Gasteiger partial charge on any atom is -0.497 e. The molecule has 1 aliphatic heterocycles. The molecule has 7 heteroatoms. The Morgan fingerprint density at radius 3 is 2.30 bits per heavy atom. The fraction of sp³-hybridized carbons (Fsp3) is 0.391. The van der Waals surface area contributed by atoms with Crippen LogP contribution in [0.15, 0.2) is 42.5 Å². The van der Waals surface area contributed by atoms with Crippen LogP contribution in [0.25, 0.3) is 0 Å². The molecule has 160 valence electrons. The number of anilines is 1. The lowest BCUT2D eigenvalue weighted by Crippen LogP contribution is -2.50. The zero-order valence-electron chi connectivity index (χ0n) is 17.8. The van der Waals surface area contributed by atoms with Gasteiger partial charge in [-0.1, -0.05) is 29.8 Å². The minimum atomic E-state index is -0.113. The van der Waals surface area contributed by atoms with Gasteiger partial charge in [0, 0.05) is 32.2 Å². The van der Waals surface area contributed by atoms with Gasteiger partial charge < -0.3 is 19.7 Å². The summed E-state index contributed by atoms with van der Waals surface area (Å²) in [5, 5.41) is 2.89. The summed E-state index contributed by atoms with van der Waals surface area (Å²) in [6.45, 7) is 4.91. The molecule has 1 heterocycles. The van der Waals surface area contributed by atoms with Crippen molar-refractivity contribution in [2.45, 2.75) is 13.3 Å². The van der Waals surface area contributed by atoms with Crippen LogP contribution >= 0.6 is 0 Å². The van der Waals surface area contributed by atoms with Crippen LogP contribution < -0.4 is 14.8 Å². The molecule has 7 nitrogen and oxygen atoms in total. The van der Waals surface area contributed by atoms with Crippen LogP contribution in [0.2, 0.25) is 0 Å². The summed E-state index contributed by atoms with van der Waals surface area (Å²) in [5.41, 5.74) is 2.82. The highest BCUT2D eigenvalue weighted by molar-refractivity contribution is 5.93. The smallest absolute Gasteiger partial charge is 0.238 e. The van der Waals surface area contributed by atoms with Crippen LogP contribution in [-0.4, -0.2) is 68.6 Å². The monoisotopic (exact) mass is 411 g/mol. The summed E-state index contributed by atoms with van der Waals surface area (Å²) >= 11 is 0. The highest BCUT2D eigenvalue weighted by atomic mass is 16.5. The molecule has 0 bridgehead atoms. The number of carbonyl (C=O) groups excluding carboxylic acids is 2. The fourth-order valence-corrected chi connectivity index (χ4v) is 3.44. The molecule has 2 aromatic rings. The predicted molar refractivity (Wildman–Crippen MR) is 116 cm³/mol. The normalized spacial score (nSPS) is 14.3. The summed E-state index contributed by atoms with van der Waals surface area (Å²) < 4.78 is 10.5. The Balaban J connectivity index is 1.46. The van der Waals surface area contributed by atoms with E-state index >= 15 is 0 Å². The molecule has 0 aromatic heterocycles. The molecule has 0 spiro atoms. The van der Waals surface area contributed by atoms with Crippen molar-refractivity contribution in [1.29, 1.82) is 0 Å². The van der Waals surface area contributed by atoms with Gasteiger partial charge in [-0.25, -0.2) is 0 Å². The van der Waals surface area contributed by atoms with Crippen LogP contribution in [0.1, 0.15) is 11.1 Å². The Morgan fingerprint density at radius 2 is 1.67 bits per heavy atom. The van der Waals surface area contributed by atoms with Crippen LogP contribution in [-0.2, 0) is 16.0 Å². The van der Waals surface area contributed by atoms with Gasteiger partial charge in [-0.2, -0.15) is 0 Å². The van der Waals surface area contributed by atoms with Crippen molar-refractivity contribution < 1.29 is 19.1 Å². The molecule has 0 aliphatic carbocycles. The molecule has 1 N–H and O–H groups in total. The van der Waals surface area contributed by atoms with E-state index in [4.69, 9.17) is 9.47 Å². The van der Waals surface area contributed by atoms with Crippen LogP contribution in [0.5, 0.6) is 11.5 Å². The molecule has 0 atom stereocenters. The molecule has 30 heavy (non-hydrogen) atoms. The summed E-state index contributed by atoms with van der Waals surface area (Å²) in [6.07, 6.45) is 0.415. The molecular weight excluding hydrogens is 382 g/mol. The molecule has 0 unspecified atom stereocenters. The summed E-state index contributed by atoms with van der Waals surface area (Å²) in [6, 6.07) is 13.3. The molecule has 2 amide bonds. The van der Waals surface area contributed by atoms with Gasteiger partial charge in [0.25, 0.3) is 0 Å². The lowest BCUT2D eigenvalue weighted by molar-refractivity contribution is -0.132. The van der Waals surface area contributed by atoms with E-state index in [1.165, 1.54) is 5.56 Å². The van der Waals surface area contributed by atoms with Crippen LogP contribution in [0, 0.1) is 6.92 Å². The van der Waals surface area contributed by atoms with E-state index in [0.717, 1.165) is 5.56 Å². The number of nitrogens with zero attached hydrogens (tertiary/aromatic N) is 2. The molecule has 3 rings (SSSR count). The van der Waals surface area contributed by atoms with Gasteiger partial charge in [0.15, 0.2) is 0 Å². The number of nitrogens with one attached hydrogen (secondary N) is 1. The van der Waals surface area contributed by atoms with Gasteiger partial charge in [0.05, 0.1) is 32.9 Å². The number of aryl methyl sites for hydroxylation is 1. The number of carbonyl (C=O) groups is 2. The van der Waals surface area contributed by atoms with Gasteiger partial charge in [0.1, 0.15) is 11.5 Å². The maximum Gasteiger partial charge on any atom is 0.238 e. The molecule has 1 saturated heterocycles. The van der Waals surface area contributed by atoms with Crippen molar-refractivity contribution in [1.82, 2.24) is 9.80 Å². The van der Waals surface area contributed by atoms with E-state index in [1.54, 1.807) is 32.4 Å². The summed E-state index contributed by atoms with van der Waals surface area (Å²) in [4.78, 5) is 28.9. The van der Waals surface area contributed by atoms with Crippen LogP contribution in [0.4, 0.5) is 5.69 Å². The van der Waals surface area contributed by atoms with Crippen molar-refractivity contribution in [2.24, 2.45) is 0 Å². The minimum absolute atomic E-state index is 0.113. The number of rotatable bonds is 7. The Morgan fingerprint density at radius 1 is 0.967 bits per heavy atom. The number of methoxy groups -OCH3 is 2. The largest absolute Gasteiger partial charge is 0.497 e. The average Bonchev–Trinajstić information content (AvgIpc) is 2.76. The van der Waals surface area contributed by atoms with E-state index in [9.17, 15) is 9.59 Å². The molecule has 0 saturated carbocycles. The van der Waals surface area contributed by atoms with E-state index in [2.05, 4.69) is 10.2 Å². The molecule has 1 aliphatic rings. The lowest BCUT2D eigenvalue weighted by atomic mass is 10.1. The third-order valence-corrected chi connectivity index (χ3v) is 5.25. The van der Waals surface area contributed by atoms with Crippen molar-refractivity contribution in [2.75, 3.05) is 52.3 Å². The Kier molecular flexibility index (Phi) is 7.30. The third kappa shape index (κ3) is 5.73. The number of piperazine rings is 1. The average molecular weight is 412 g/mol. The number of hydrogen-bond acceptors (Lipinski definition) is 5. The molecule has 2 aromatic carbocycles. The lowest BCUT2D eigenvalue weighted by Gasteiger charge is -2.34. The highest BCUT2D eigenvalue weighted by Crippen LogP contribution is 2.28. The topological polar surface area (TPSA) is 71.1 Å². The van der Waals surface area contributed by atoms with Gasteiger partial charge >= 0.3 is 0 Å². The molecular formula is C23H29N3O4. The van der Waals surface area contributed by atoms with Gasteiger partial charge in [0.2, 0.25) is 11.8 Å². The Labute approximate surface area is 177 Å². The van der Waals surface area contributed by atoms with E-state index < -0.39 is 0 Å². The van der Waals surface area contributed by atoms with E-state index in [0.29, 0.717) is 49.8 Å². The zero-order valence-corrected chi connectivity index (χ0v) is 17.8. The highest BCUT2D eigenvalue weighted by Gasteiger charge is 2.22. The molecule has 0 radical (unpaired) electrons.